The maximum Gasteiger partial charge on any atom is 0.178 e. The van der Waals surface area contributed by atoms with Crippen molar-refractivity contribution in [3.05, 3.63) is 192 Å². The highest BCUT2D eigenvalue weighted by Gasteiger charge is 2.46. The summed E-state index contributed by atoms with van der Waals surface area (Å²) in [5.74, 6) is 3.56. The van der Waals surface area contributed by atoms with Crippen LogP contribution in [0.4, 0.5) is 0 Å². The molecule has 1 aliphatic carbocycles. The number of fused-ring (bicyclic) bond motifs is 8. The van der Waals surface area contributed by atoms with Crippen LogP contribution in [0.25, 0.3) is 62.1 Å². The van der Waals surface area contributed by atoms with Gasteiger partial charge in [-0.25, -0.2) is 15.0 Å². The second-order valence-corrected chi connectivity index (χ2v) is 14.9. The third-order valence-corrected chi connectivity index (χ3v) is 12.1. The van der Waals surface area contributed by atoms with Crippen molar-refractivity contribution in [2.45, 2.75) is 37.7 Å². The molecule has 1 aromatic heterocycles. The van der Waals surface area contributed by atoms with Gasteiger partial charge in [0.05, 0.1) is 7.11 Å². The van der Waals surface area contributed by atoms with Gasteiger partial charge >= 0.3 is 0 Å². The lowest BCUT2D eigenvalue weighted by Crippen LogP contribution is -2.35. The molecule has 2 heterocycles. The first-order valence-corrected chi connectivity index (χ1v) is 19.8. The number of benzene rings is 7. The Bertz CT molecular complexity index is 2750. The van der Waals surface area contributed by atoms with Gasteiger partial charge in [0.25, 0.3) is 0 Å². The fourth-order valence-electron chi connectivity index (χ4n) is 9.23. The van der Waals surface area contributed by atoms with Crippen molar-refractivity contribution in [2.24, 2.45) is 0 Å². The van der Waals surface area contributed by atoms with Crippen LogP contribution < -0.4 is 9.47 Å². The molecule has 57 heavy (non-hydrogen) atoms. The van der Waals surface area contributed by atoms with Gasteiger partial charge in [0, 0.05) is 44.2 Å². The van der Waals surface area contributed by atoms with Gasteiger partial charge in [0.2, 0.25) is 0 Å². The van der Waals surface area contributed by atoms with Gasteiger partial charge in [-0.2, -0.15) is 0 Å². The van der Waals surface area contributed by atoms with Crippen LogP contribution in [0.1, 0.15) is 54.5 Å². The first-order chi connectivity index (χ1) is 28.1. The lowest BCUT2D eigenvalue weighted by Gasteiger charge is -2.39. The third kappa shape index (κ3) is 5.41. The molecule has 5 nitrogen and oxygen atoms in total. The Morgan fingerprint density at radius 3 is 1.63 bits per heavy atom. The van der Waals surface area contributed by atoms with Crippen molar-refractivity contribution in [1.82, 2.24) is 15.0 Å². The molecular weight excluding hydrogens is 699 g/mol. The summed E-state index contributed by atoms with van der Waals surface area (Å²) in [7, 11) is 1.70. The molecule has 8 aromatic rings. The highest BCUT2D eigenvalue weighted by molar-refractivity contribution is 6.08. The monoisotopic (exact) mass is 739 g/mol. The SMILES string of the molecule is CCC1(CC)c2ccccc2-c2c1c1c(c3ccccc23)OC(c2ccc(OC)cc2)(c2ccc(-c3nc(-c4ccccc4)nc(-c4ccccc4)n3)cc2)C=C1. The lowest BCUT2D eigenvalue weighted by molar-refractivity contribution is 0.163. The number of hydrogen-bond donors (Lipinski definition) is 0. The van der Waals surface area contributed by atoms with E-state index in [4.69, 9.17) is 24.4 Å². The molecule has 2 aliphatic rings. The van der Waals surface area contributed by atoms with E-state index in [1.807, 2.05) is 72.8 Å². The molecule has 0 bridgehead atoms. The second-order valence-electron chi connectivity index (χ2n) is 14.9. The maximum absolute atomic E-state index is 7.62. The molecule has 0 saturated heterocycles. The van der Waals surface area contributed by atoms with Crippen molar-refractivity contribution in [1.29, 1.82) is 0 Å². The highest BCUT2D eigenvalue weighted by Crippen LogP contribution is 2.60. The Hall–Kier alpha value is -6.85. The molecule has 1 aliphatic heterocycles. The average molecular weight is 740 g/mol. The predicted octanol–water partition coefficient (Wildman–Crippen LogP) is 12.5. The van der Waals surface area contributed by atoms with E-state index in [2.05, 4.69) is 111 Å². The van der Waals surface area contributed by atoms with E-state index in [1.165, 1.54) is 27.6 Å². The Kier molecular flexibility index (Phi) is 8.33. The van der Waals surface area contributed by atoms with Gasteiger partial charge < -0.3 is 9.47 Å². The quantitative estimate of drug-likeness (QED) is 0.155. The van der Waals surface area contributed by atoms with E-state index in [0.717, 1.165) is 63.1 Å². The van der Waals surface area contributed by atoms with Crippen molar-refractivity contribution in [3.63, 3.8) is 0 Å². The molecule has 0 saturated carbocycles. The van der Waals surface area contributed by atoms with Crippen LogP contribution >= 0.6 is 0 Å². The Morgan fingerprint density at radius 1 is 0.544 bits per heavy atom. The first-order valence-electron chi connectivity index (χ1n) is 19.8. The van der Waals surface area contributed by atoms with E-state index in [9.17, 15) is 0 Å². The normalized spacial score (nSPS) is 16.1. The second kappa shape index (κ2) is 13.7. The lowest BCUT2D eigenvalue weighted by atomic mass is 9.71. The molecule has 7 aromatic carbocycles. The van der Waals surface area contributed by atoms with Crippen LogP contribution in [-0.4, -0.2) is 22.1 Å². The van der Waals surface area contributed by atoms with Crippen molar-refractivity contribution in [2.75, 3.05) is 7.11 Å². The van der Waals surface area contributed by atoms with Crippen LogP contribution in [0, 0.1) is 0 Å². The summed E-state index contributed by atoms with van der Waals surface area (Å²) in [5, 5.41) is 2.32. The van der Waals surface area contributed by atoms with E-state index < -0.39 is 5.60 Å². The Labute approximate surface area is 333 Å². The smallest absolute Gasteiger partial charge is 0.178 e. The number of rotatable bonds is 8. The van der Waals surface area contributed by atoms with E-state index in [1.54, 1.807) is 7.11 Å². The number of nitrogens with zero attached hydrogens (tertiary/aromatic N) is 3. The van der Waals surface area contributed by atoms with E-state index >= 15 is 0 Å². The number of ether oxygens (including phenoxy) is 2. The van der Waals surface area contributed by atoms with Crippen molar-refractivity contribution < 1.29 is 9.47 Å². The highest BCUT2D eigenvalue weighted by atomic mass is 16.5. The standard InChI is InChI=1S/C52H41N3O2/c1-4-51(5-2)44-23-15-14-22-42(44)45-40-20-12-13-21-41(40)47-43(46(45)51)32-33-52(57-47,38-28-30-39(56-3)31-29-38)37-26-24-36(25-27-37)50-54-48(34-16-8-6-9-17-34)53-49(55-50)35-18-10-7-11-19-35/h6-33H,4-5H2,1-3H3. The largest absolute Gasteiger partial charge is 0.497 e. The van der Waals surface area contributed by atoms with Gasteiger partial charge in [-0.05, 0) is 58.7 Å². The summed E-state index contributed by atoms with van der Waals surface area (Å²) in [6.07, 6.45) is 6.57. The van der Waals surface area contributed by atoms with Crippen molar-refractivity contribution >= 4 is 16.8 Å². The van der Waals surface area contributed by atoms with Crippen LogP contribution in [0.3, 0.4) is 0 Å². The Balaban J connectivity index is 1.15. The summed E-state index contributed by atoms with van der Waals surface area (Å²) in [4.78, 5) is 14.9. The summed E-state index contributed by atoms with van der Waals surface area (Å²) < 4.78 is 13.2. The van der Waals surface area contributed by atoms with E-state index in [-0.39, 0.29) is 5.41 Å². The summed E-state index contributed by atoms with van der Waals surface area (Å²) in [6.45, 7) is 4.65. The summed E-state index contributed by atoms with van der Waals surface area (Å²) in [6, 6.07) is 54.6. The molecule has 5 heteroatoms. The number of methoxy groups -OCH3 is 1. The summed E-state index contributed by atoms with van der Waals surface area (Å²) >= 11 is 0. The number of aromatic nitrogens is 3. The molecule has 276 valence electrons. The van der Waals surface area contributed by atoms with Crippen molar-refractivity contribution in [3.8, 4) is 56.8 Å². The first kappa shape index (κ1) is 34.6. The topological polar surface area (TPSA) is 57.1 Å². The minimum Gasteiger partial charge on any atom is -0.497 e. The van der Waals surface area contributed by atoms with Crippen LogP contribution in [-0.2, 0) is 11.0 Å². The number of hydrogen-bond acceptors (Lipinski definition) is 5. The third-order valence-electron chi connectivity index (χ3n) is 12.1. The molecule has 10 rings (SSSR count). The minimum atomic E-state index is -0.940. The maximum atomic E-state index is 7.62. The van der Waals surface area contributed by atoms with Gasteiger partial charge in [0.1, 0.15) is 11.5 Å². The fraction of sp³-hybridized carbons (Fsp3) is 0.135. The molecule has 1 atom stereocenters. The molecular formula is C52H41N3O2. The molecule has 0 N–H and O–H groups in total. The zero-order valence-electron chi connectivity index (χ0n) is 32.2. The van der Waals surface area contributed by atoms with Gasteiger partial charge in [-0.1, -0.05) is 166 Å². The molecule has 0 spiro atoms. The van der Waals surface area contributed by atoms with Gasteiger partial charge in [-0.3, -0.25) is 0 Å². The summed E-state index contributed by atoms with van der Waals surface area (Å²) in [5.41, 5.74) is 10.3. The van der Waals surface area contributed by atoms with Crippen LogP contribution in [0.5, 0.6) is 11.5 Å². The minimum absolute atomic E-state index is 0.128. The average Bonchev–Trinajstić information content (AvgIpc) is 3.60. The van der Waals surface area contributed by atoms with Crippen LogP contribution in [0.2, 0.25) is 0 Å². The molecule has 0 amide bonds. The van der Waals surface area contributed by atoms with Crippen LogP contribution in [0.15, 0.2) is 164 Å². The van der Waals surface area contributed by atoms with Gasteiger partial charge in [0.15, 0.2) is 23.1 Å². The molecule has 0 fully saturated rings. The van der Waals surface area contributed by atoms with E-state index in [0.29, 0.717) is 17.5 Å². The Morgan fingerprint density at radius 2 is 1.05 bits per heavy atom. The fourth-order valence-corrected chi connectivity index (χ4v) is 9.23. The zero-order chi connectivity index (χ0) is 38.6. The molecule has 1 unspecified atom stereocenters. The zero-order valence-corrected chi connectivity index (χ0v) is 32.2. The van der Waals surface area contributed by atoms with Gasteiger partial charge in [-0.15, -0.1) is 0 Å². The molecule has 0 radical (unpaired) electrons. The predicted molar refractivity (Wildman–Crippen MR) is 230 cm³/mol.